The molecular formula is C7H8ClNO2. The maximum atomic E-state index is 10.6. The van der Waals surface area contributed by atoms with Crippen molar-refractivity contribution >= 4 is 17.6 Å². The first-order valence-electron chi connectivity index (χ1n) is 3.08. The molecule has 1 heterocycles. The second-order valence-corrected chi connectivity index (χ2v) is 2.77. The van der Waals surface area contributed by atoms with E-state index >= 15 is 0 Å². The normalized spacial score (nSPS) is 10.1. The Labute approximate surface area is 69.2 Å². The van der Waals surface area contributed by atoms with E-state index < -0.39 is 5.97 Å². The van der Waals surface area contributed by atoms with Gasteiger partial charge in [0.05, 0.1) is 5.02 Å². The number of aromatic carboxylic acids is 1. The van der Waals surface area contributed by atoms with E-state index in [0.29, 0.717) is 5.02 Å². The van der Waals surface area contributed by atoms with Gasteiger partial charge in [-0.25, -0.2) is 4.79 Å². The number of halogens is 1. The standard InChI is InChI=1S/C7H8ClNO2/c1-4-3-9(2)6(5(4)8)7(10)11/h3H,1-2H3,(H,10,11). The Kier molecular flexibility index (Phi) is 1.91. The van der Waals surface area contributed by atoms with Crippen molar-refractivity contribution in [2.45, 2.75) is 6.92 Å². The van der Waals surface area contributed by atoms with Crippen LogP contribution in [0.2, 0.25) is 5.02 Å². The average molecular weight is 174 g/mol. The van der Waals surface area contributed by atoms with Crippen LogP contribution >= 0.6 is 11.6 Å². The fraction of sp³-hybridized carbons (Fsp3) is 0.286. The Bertz CT molecular complexity index is 304. The highest BCUT2D eigenvalue weighted by Gasteiger charge is 2.14. The van der Waals surface area contributed by atoms with Crippen LogP contribution in [0.3, 0.4) is 0 Å². The Morgan fingerprint density at radius 3 is 2.45 bits per heavy atom. The van der Waals surface area contributed by atoms with Crippen molar-refractivity contribution in [1.82, 2.24) is 4.57 Å². The summed E-state index contributed by atoms with van der Waals surface area (Å²) in [6.07, 6.45) is 1.69. The van der Waals surface area contributed by atoms with Crippen LogP contribution in [0.5, 0.6) is 0 Å². The molecule has 4 heteroatoms. The molecule has 0 aliphatic rings. The molecule has 1 aromatic rings. The highest BCUT2D eigenvalue weighted by Crippen LogP contribution is 2.21. The van der Waals surface area contributed by atoms with Crippen molar-refractivity contribution < 1.29 is 9.90 Å². The summed E-state index contributed by atoms with van der Waals surface area (Å²) in [5.74, 6) is -0.995. The number of hydrogen-bond acceptors (Lipinski definition) is 1. The molecule has 0 aliphatic heterocycles. The molecule has 0 bridgehead atoms. The number of carboxylic acids is 1. The molecule has 3 nitrogen and oxygen atoms in total. The quantitative estimate of drug-likeness (QED) is 0.702. The zero-order valence-corrected chi connectivity index (χ0v) is 7.01. The van der Waals surface area contributed by atoms with Crippen LogP contribution in [0, 0.1) is 6.92 Å². The minimum Gasteiger partial charge on any atom is -0.477 e. The second kappa shape index (κ2) is 2.58. The average Bonchev–Trinajstić information content (AvgIpc) is 2.07. The maximum absolute atomic E-state index is 10.6. The molecule has 1 aromatic heterocycles. The molecule has 1 rings (SSSR count). The molecular weight excluding hydrogens is 166 g/mol. The van der Waals surface area contributed by atoms with Gasteiger partial charge in [0, 0.05) is 13.2 Å². The Balaban J connectivity index is 3.34. The molecule has 0 fully saturated rings. The number of carbonyl (C=O) groups is 1. The molecule has 0 aromatic carbocycles. The van der Waals surface area contributed by atoms with E-state index in [-0.39, 0.29) is 5.69 Å². The van der Waals surface area contributed by atoms with Crippen LogP contribution in [-0.2, 0) is 7.05 Å². The highest BCUT2D eigenvalue weighted by atomic mass is 35.5. The fourth-order valence-corrected chi connectivity index (χ4v) is 1.26. The van der Waals surface area contributed by atoms with Gasteiger partial charge < -0.3 is 9.67 Å². The maximum Gasteiger partial charge on any atom is 0.354 e. The summed E-state index contributed by atoms with van der Waals surface area (Å²) in [5.41, 5.74) is 0.927. The number of carboxylic acid groups (broad SMARTS) is 1. The molecule has 0 saturated heterocycles. The summed E-state index contributed by atoms with van der Waals surface area (Å²) in [4.78, 5) is 10.6. The lowest BCUT2D eigenvalue weighted by atomic mass is 10.3. The number of nitrogens with zero attached hydrogens (tertiary/aromatic N) is 1. The van der Waals surface area contributed by atoms with Crippen molar-refractivity contribution in [1.29, 1.82) is 0 Å². The molecule has 0 unspecified atom stereocenters. The molecule has 0 aliphatic carbocycles. The van der Waals surface area contributed by atoms with Crippen molar-refractivity contribution in [3.05, 3.63) is 22.5 Å². The first kappa shape index (κ1) is 8.14. The highest BCUT2D eigenvalue weighted by molar-refractivity contribution is 6.34. The second-order valence-electron chi connectivity index (χ2n) is 2.39. The van der Waals surface area contributed by atoms with E-state index in [9.17, 15) is 4.79 Å². The first-order valence-corrected chi connectivity index (χ1v) is 3.46. The van der Waals surface area contributed by atoms with E-state index in [1.165, 1.54) is 4.57 Å². The topological polar surface area (TPSA) is 42.2 Å². The predicted molar refractivity (Wildman–Crippen MR) is 42.1 cm³/mol. The summed E-state index contributed by atoms with van der Waals surface area (Å²) in [5, 5.41) is 8.97. The van der Waals surface area contributed by atoms with Crippen molar-refractivity contribution in [3.63, 3.8) is 0 Å². The third-order valence-electron chi connectivity index (χ3n) is 1.50. The van der Waals surface area contributed by atoms with Crippen LogP contribution in [0.4, 0.5) is 0 Å². The van der Waals surface area contributed by atoms with E-state index in [1.807, 2.05) is 0 Å². The van der Waals surface area contributed by atoms with E-state index in [4.69, 9.17) is 16.7 Å². The van der Waals surface area contributed by atoms with Gasteiger partial charge in [-0.3, -0.25) is 0 Å². The third-order valence-corrected chi connectivity index (χ3v) is 1.97. The summed E-state index contributed by atoms with van der Waals surface area (Å²) < 4.78 is 1.50. The number of hydrogen-bond donors (Lipinski definition) is 1. The Morgan fingerprint density at radius 1 is 1.73 bits per heavy atom. The number of aryl methyl sites for hydroxylation is 2. The predicted octanol–water partition coefficient (Wildman–Crippen LogP) is 1.69. The number of rotatable bonds is 1. The zero-order chi connectivity index (χ0) is 8.59. The van der Waals surface area contributed by atoms with Crippen LogP contribution in [0.15, 0.2) is 6.20 Å². The largest absolute Gasteiger partial charge is 0.477 e. The van der Waals surface area contributed by atoms with Gasteiger partial charge in [-0.1, -0.05) is 11.6 Å². The van der Waals surface area contributed by atoms with E-state index in [1.54, 1.807) is 20.2 Å². The summed E-state index contributed by atoms with van der Waals surface area (Å²) in [6.45, 7) is 1.77. The molecule has 0 amide bonds. The lowest BCUT2D eigenvalue weighted by molar-refractivity contribution is 0.0687. The van der Waals surface area contributed by atoms with Gasteiger partial charge >= 0.3 is 5.97 Å². The molecule has 0 saturated carbocycles. The van der Waals surface area contributed by atoms with Gasteiger partial charge in [0.15, 0.2) is 0 Å². The van der Waals surface area contributed by atoms with Crippen LogP contribution in [0.1, 0.15) is 16.1 Å². The van der Waals surface area contributed by atoms with Crippen LogP contribution in [-0.4, -0.2) is 15.6 Å². The van der Waals surface area contributed by atoms with Crippen molar-refractivity contribution in [3.8, 4) is 0 Å². The zero-order valence-electron chi connectivity index (χ0n) is 6.26. The Morgan fingerprint density at radius 2 is 2.27 bits per heavy atom. The number of aromatic nitrogens is 1. The van der Waals surface area contributed by atoms with Gasteiger partial charge in [0.25, 0.3) is 0 Å². The third kappa shape index (κ3) is 1.24. The SMILES string of the molecule is Cc1cn(C)c(C(=O)O)c1Cl. The molecule has 11 heavy (non-hydrogen) atoms. The van der Waals surface area contributed by atoms with Crippen molar-refractivity contribution in [2.75, 3.05) is 0 Å². The van der Waals surface area contributed by atoms with E-state index in [0.717, 1.165) is 5.56 Å². The fourth-order valence-electron chi connectivity index (χ4n) is 0.998. The summed E-state index contributed by atoms with van der Waals surface area (Å²) in [7, 11) is 1.66. The minimum absolute atomic E-state index is 0.143. The van der Waals surface area contributed by atoms with Crippen molar-refractivity contribution in [2.24, 2.45) is 7.05 Å². The molecule has 0 atom stereocenters. The monoisotopic (exact) mass is 173 g/mol. The smallest absolute Gasteiger partial charge is 0.354 e. The minimum atomic E-state index is -0.995. The van der Waals surface area contributed by atoms with Crippen LogP contribution in [0.25, 0.3) is 0 Å². The summed E-state index contributed by atoms with van der Waals surface area (Å²) >= 11 is 5.71. The van der Waals surface area contributed by atoms with Gasteiger partial charge in [0.1, 0.15) is 5.69 Å². The van der Waals surface area contributed by atoms with Gasteiger partial charge in [-0.2, -0.15) is 0 Å². The van der Waals surface area contributed by atoms with Crippen LogP contribution < -0.4 is 0 Å². The summed E-state index contributed by atoms with van der Waals surface area (Å²) in [6, 6.07) is 0. The molecule has 1 N–H and O–H groups in total. The van der Waals surface area contributed by atoms with Gasteiger partial charge in [-0.15, -0.1) is 0 Å². The molecule has 0 radical (unpaired) electrons. The lowest BCUT2D eigenvalue weighted by Crippen LogP contribution is -2.03. The van der Waals surface area contributed by atoms with E-state index in [2.05, 4.69) is 0 Å². The molecule has 0 spiro atoms. The lowest BCUT2D eigenvalue weighted by Gasteiger charge is -1.95. The van der Waals surface area contributed by atoms with Gasteiger partial charge in [0.2, 0.25) is 0 Å². The molecule has 60 valence electrons. The Hall–Kier alpha value is -0.960. The van der Waals surface area contributed by atoms with Gasteiger partial charge in [-0.05, 0) is 12.5 Å². The first-order chi connectivity index (χ1) is 5.04.